The van der Waals surface area contributed by atoms with Gasteiger partial charge in [-0.2, -0.15) is 0 Å². The predicted molar refractivity (Wildman–Crippen MR) is 105 cm³/mol. The lowest BCUT2D eigenvalue weighted by Gasteiger charge is -2.18. The highest BCUT2D eigenvalue weighted by Gasteiger charge is 2.09. The van der Waals surface area contributed by atoms with Gasteiger partial charge in [-0.3, -0.25) is 0 Å². The zero-order valence-corrected chi connectivity index (χ0v) is 16.2. The zero-order chi connectivity index (χ0) is 20.2. The van der Waals surface area contributed by atoms with E-state index in [0.29, 0.717) is 24.7 Å². The number of benzene rings is 2. The van der Waals surface area contributed by atoms with Gasteiger partial charge in [0.15, 0.2) is 6.61 Å². The Balaban J connectivity index is 1.62. The van der Waals surface area contributed by atoms with Crippen molar-refractivity contribution in [2.24, 2.45) is 0 Å². The molecule has 2 N–H and O–H groups in total. The summed E-state index contributed by atoms with van der Waals surface area (Å²) in [6.07, 6.45) is -0.617. The first-order chi connectivity index (χ1) is 13.6. The fourth-order valence-corrected chi connectivity index (χ4v) is 2.22. The molecule has 0 fully saturated rings. The van der Waals surface area contributed by atoms with Gasteiger partial charge >= 0.3 is 5.97 Å². The lowest BCUT2D eigenvalue weighted by molar-refractivity contribution is -0.142. The van der Waals surface area contributed by atoms with Crippen LogP contribution in [0, 0.1) is 0 Å². The summed E-state index contributed by atoms with van der Waals surface area (Å²) in [7, 11) is 1.31. The number of methoxy groups -OCH3 is 1. The lowest BCUT2D eigenvalue weighted by Crippen LogP contribution is -2.39. The Hall–Kier alpha value is -2.77. The summed E-state index contributed by atoms with van der Waals surface area (Å²) in [6.45, 7) is 2.90. The van der Waals surface area contributed by atoms with Crippen molar-refractivity contribution in [1.82, 2.24) is 5.32 Å². The van der Waals surface area contributed by atoms with Crippen molar-refractivity contribution in [2.45, 2.75) is 19.1 Å². The highest BCUT2D eigenvalue weighted by atomic mass is 16.6. The summed E-state index contributed by atoms with van der Waals surface area (Å²) in [5.74, 6) is 1.55. The highest BCUT2D eigenvalue weighted by molar-refractivity contribution is 5.70. The maximum atomic E-state index is 11.0. The van der Waals surface area contributed by atoms with E-state index in [1.807, 2.05) is 37.3 Å². The Bertz CT molecular complexity index is 692. The van der Waals surface area contributed by atoms with Gasteiger partial charge in [0.1, 0.15) is 36.6 Å². The molecule has 2 atom stereocenters. The number of hydrogen-bond donors (Lipinski definition) is 2. The van der Waals surface area contributed by atoms with Gasteiger partial charge in [0.05, 0.1) is 7.11 Å². The number of aliphatic hydroxyl groups excluding tert-OH is 1. The molecule has 7 heteroatoms. The molecule has 0 amide bonds. The third kappa shape index (κ3) is 8.28. The Morgan fingerprint density at radius 3 is 2.14 bits per heavy atom. The van der Waals surface area contributed by atoms with Gasteiger partial charge in [-0.1, -0.05) is 18.2 Å². The molecule has 0 bridgehead atoms. The van der Waals surface area contributed by atoms with E-state index in [2.05, 4.69) is 10.1 Å². The van der Waals surface area contributed by atoms with Crippen LogP contribution in [0.4, 0.5) is 0 Å². The lowest BCUT2D eigenvalue weighted by atomic mass is 10.3. The fraction of sp³-hybridized carbons (Fsp3) is 0.381. The van der Waals surface area contributed by atoms with Gasteiger partial charge in [-0.15, -0.1) is 0 Å². The average molecular weight is 389 g/mol. The van der Waals surface area contributed by atoms with E-state index in [4.69, 9.17) is 14.2 Å². The normalized spacial score (nSPS) is 12.7. The topological polar surface area (TPSA) is 86.3 Å². The summed E-state index contributed by atoms with van der Waals surface area (Å²) < 4.78 is 21.0. The number of ether oxygens (including phenoxy) is 4. The second kappa shape index (κ2) is 11.8. The number of carbonyl (C=O) groups excluding carboxylic acids is 1. The van der Waals surface area contributed by atoms with E-state index in [0.717, 1.165) is 5.75 Å². The van der Waals surface area contributed by atoms with Crippen molar-refractivity contribution >= 4 is 5.97 Å². The zero-order valence-electron chi connectivity index (χ0n) is 16.2. The highest BCUT2D eigenvalue weighted by Crippen LogP contribution is 2.17. The van der Waals surface area contributed by atoms with E-state index in [9.17, 15) is 9.90 Å². The van der Waals surface area contributed by atoms with Crippen molar-refractivity contribution in [3.63, 3.8) is 0 Å². The SMILES string of the molecule is COC(=O)COc1ccc(OCC(C)NCC(O)COc2ccccc2)cc1. The van der Waals surface area contributed by atoms with Crippen LogP contribution in [0.3, 0.4) is 0 Å². The van der Waals surface area contributed by atoms with E-state index in [1.165, 1.54) is 7.11 Å². The predicted octanol–water partition coefficient (Wildman–Crippen LogP) is 2.04. The second-order valence-corrected chi connectivity index (χ2v) is 6.23. The molecule has 0 aliphatic carbocycles. The Kier molecular flexibility index (Phi) is 9.10. The van der Waals surface area contributed by atoms with E-state index >= 15 is 0 Å². The molecule has 0 aromatic heterocycles. The number of aliphatic hydroxyl groups is 1. The van der Waals surface area contributed by atoms with Crippen LogP contribution in [0.25, 0.3) is 0 Å². The molecule has 7 nitrogen and oxygen atoms in total. The third-order valence-electron chi connectivity index (χ3n) is 3.80. The Morgan fingerprint density at radius 1 is 0.929 bits per heavy atom. The molecule has 2 aromatic rings. The van der Waals surface area contributed by atoms with Crippen LogP contribution in [0.5, 0.6) is 17.2 Å². The summed E-state index contributed by atoms with van der Waals surface area (Å²) in [5.41, 5.74) is 0. The number of hydrogen-bond acceptors (Lipinski definition) is 7. The fourth-order valence-electron chi connectivity index (χ4n) is 2.22. The molecule has 0 aliphatic heterocycles. The van der Waals surface area contributed by atoms with Gasteiger partial charge in [0.2, 0.25) is 0 Å². The number of carbonyl (C=O) groups is 1. The van der Waals surface area contributed by atoms with Gasteiger partial charge in [-0.05, 0) is 43.3 Å². The average Bonchev–Trinajstić information content (AvgIpc) is 2.74. The molecule has 0 saturated carbocycles. The van der Waals surface area contributed by atoms with Gasteiger partial charge < -0.3 is 29.4 Å². The second-order valence-electron chi connectivity index (χ2n) is 6.23. The van der Waals surface area contributed by atoms with Crippen LogP contribution in [0.15, 0.2) is 54.6 Å². The maximum absolute atomic E-state index is 11.0. The van der Waals surface area contributed by atoms with Gasteiger partial charge in [0, 0.05) is 12.6 Å². The molecule has 2 rings (SSSR count). The molecule has 2 unspecified atom stereocenters. The third-order valence-corrected chi connectivity index (χ3v) is 3.80. The first-order valence-corrected chi connectivity index (χ1v) is 9.08. The van der Waals surface area contributed by atoms with E-state index in [-0.39, 0.29) is 19.3 Å². The molecule has 0 spiro atoms. The van der Waals surface area contributed by atoms with Crippen molar-refractivity contribution in [3.05, 3.63) is 54.6 Å². The number of esters is 1. The van der Waals surface area contributed by atoms with Crippen molar-refractivity contribution < 1.29 is 28.8 Å². The number of nitrogens with one attached hydrogen (secondary N) is 1. The standard InChI is InChI=1S/C21H27NO6/c1-16(22-12-17(23)14-27-18-6-4-3-5-7-18)13-26-19-8-10-20(11-9-19)28-15-21(24)25-2/h3-11,16-17,22-23H,12-15H2,1-2H3. The van der Waals surface area contributed by atoms with Crippen molar-refractivity contribution in [1.29, 1.82) is 0 Å². The maximum Gasteiger partial charge on any atom is 0.343 e. The quantitative estimate of drug-likeness (QED) is 0.537. The molecular weight excluding hydrogens is 362 g/mol. The Labute approximate surface area is 165 Å². The molecular formula is C21H27NO6. The smallest absolute Gasteiger partial charge is 0.343 e. The monoisotopic (exact) mass is 389 g/mol. The minimum Gasteiger partial charge on any atom is -0.492 e. The van der Waals surface area contributed by atoms with Crippen LogP contribution in [-0.4, -0.2) is 56.7 Å². The summed E-state index contributed by atoms with van der Waals surface area (Å²) in [5, 5.41) is 13.2. The molecule has 2 aromatic carbocycles. The first kappa shape index (κ1) is 21.5. The largest absolute Gasteiger partial charge is 0.492 e. The summed E-state index contributed by atoms with van der Waals surface area (Å²) in [4.78, 5) is 11.0. The van der Waals surface area contributed by atoms with Gasteiger partial charge in [-0.25, -0.2) is 4.79 Å². The molecule has 0 radical (unpaired) electrons. The van der Waals surface area contributed by atoms with Crippen LogP contribution >= 0.6 is 0 Å². The number of rotatable bonds is 12. The first-order valence-electron chi connectivity index (χ1n) is 9.08. The molecule has 0 aliphatic rings. The summed E-state index contributed by atoms with van der Waals surface area (Å²) in [6, 6.07) is 16.4. The van der Waals surface area contributed by atoms with E-state index in [1.54, 1.807) is 24.3 Å². The van der Waals surface area contributed by atoms with Crippen LogP contribution < -0.4 is 19.5 Å². The minimum atomic E-state index is -0.617. The van der Waals surface area contributed by atoms with Crippen molar-refractivity contribution in [2.75, 3.05) is 33.5 Å². The van der Waals surface area contributed by atoms with Crippen LogP contribution in [0.1, 0.15) is 6.92 Å². The van der Waals surface area contributed by atoms with Crippen molar-refractivity contribution in [3.8, 4) is 17.2 Å². The molecule has 0 heterocycles. The molecule has 28 heavy (non-hydrogen) atoms. The van der Waals surface area contributed by atoms with E-state index < -0.39 is 12.1 Å². The van der Waals surface area contributed by atoms with Gasteiger partial charge in [0.25, 0.3) is 0 Å². The Morgan fingerprint density at radius 2 is 1.50 bits per heavy atom. The molecule has 0 saturated heterocycles. The van der Waals surface area contributed by atoms with Crippen LogP contribution in [-0.2, 0) is 9.53 Å². The van der Waals surface area contributed by atoms with Crippen LogP contribution in [0.2, 0.25) is 0 Å². The number of para-hydroxylation sites is 1. The molecule has 152 valence electrons. The minimum absolute atomic E-state index is 0.0432. The summed E-state index contributed by atoms with van der Waals surface area (Å²) >= 11 is 0.